The van der Waals surface area contributed by atoms with Gasteiger partial charge in [0.1, 0.15) is 24.7 Å². The zero-order valence-electron chi connectivity index (χ0n) is 19.3. The number of nitrogens with one attached hydrogen (secondary N) is 2. The Morgan fingerprint density at radius 3 is 2.37 bits per heavy atom. The summed E-state index contributed by atoms with van der Waals surface area (Å²) in [5.74, 6) is 1.13. The second-order valence-electron chi connectivity index (χ2n) is 7.97. The van der Waals surface area contributed by atoms with Crippen LogP contribution in [0.15, 0.2) is 103 Å². The molecular formula is C29H28N2O4. The zero-order valence-corrected chi connectivity index (χ0v) is 19.3. The number of hydrogen-bond donors (Lipinski definition) is 3. The van der Waals surface area contributed by atoms with Crippen LogP contribution in [0.3, 0.4) is 0 Å². The fraction of sp³-hybridized carbons (Fsp3) is 0.138. The van der Waals surface area contributed by atoms with E-state index in [-0.39, 0.29) is 0 Å². The molecule has 6 heteroatoms. The molecule has 3 N–H and O–H groups in total. The molecule has 0 aliphatic rings. The standard InChI is InChI=1S/C29H28N2O4/c32-29(31-33)25-15-13-22(14-16-25)19-23(20-30-17-18-34-26-9-2-1-3-10-26)21-35-28-12-6-8-24-7-4-5-11-27(24)28/h1-16,19,30,33H,17-18,20-21H2,(H,31,32). The first-order chi connectivity index (χ1) is 17.2. The van der Waals surface area contributed by atoms with E-state index in [9.17, 15) is 4.79 Å². The molecule has 0 bridgehead atoms. The molecule has 6 nitrogen and oxygen atoms in total. The molecule has 4 aromatic carbocycles. The molecule has 0 atom stereocenters. The lowest BCUT2D eigenvalue weighted by molar-refractivity contribution is 0.0706. The second kappa shape index (κ2) is 12.4. The van der Waals surface area contributed by atoms with E-state index in [0.717, 1.165) is 33.4 Å². The third-order valence-corrected chi connectivity index (χ3v) is 5.45. The molecule has 35 heavy (non-hydrogen) atoms. The minimum absolute atomic E-state index is 0.384. The molecule has 0 heterocycles. The summed E-state index contributed by atoms with van der Waals surface area (Å²) in [7, 11) is 0. The van der Waals surface area contributed by atoms with Crippen molar-refractivity contribution < 1.29 is 19.5 Å². The number of hydroxylamine groups is 1. The Morgan fingerprint density at radius 2 is 1.57 bits per heavy atom. The van der Waals surface area contributed by atoms with Gasteiger partial charge in [-0.15, -0.1) is 0 Å². The largest absolute Gasteiger partial charge is 0.492 e. The van der Waals surface area contributed by atoms with Crippen LogP contribution in [0.25, 0.3) is 16.8 Å². The Bertz CT molecular complexity index is 1270. The summed E-state index contributed by atoms with van der Waals surface area (Å²) in [5, 5.41) is 14.4. The molecule has 4 rings (SSSR count). The van der Waals surface area contributed by atoms with Crippen molar-refractivity contribution in [1.29, 1.82) is 0 Å². The quantitative estimate of drug-likeness (QED) is 0.162. The van der Waals surface area contributed by atoms with Gasteiger partial charge in [0.2, 0.25) is 0 Å². The lowest BCUT2D eigenvalue weighted by atomic mass is 10.1. The molecule has 0 aliphatic heterocycles. The fourth-order valence-corrected chi connectivity index (χ4v) is 3.67. The van der Waals surface area contributed by atoms with E-state index in [0.29, 0.717) is 31.9 Å². The molecule has 0 aliphatic carbocycles. The number of amides is 1. The van der Waals surface area contributed by atoms with Gasteiger partial charge in [0.15, 0.2) is 0 Å². The summed E-state index contributed by atoms with van der Waals surface area (Å²) in [5.41, 5.74) is 4.00. The summed E-state index contributed by atoms with van der Waals surface area (Å²) in [6.07, 6.45) is 2.04. The SMILES string of the molecule is O=C(NO)c1ccc(C=C(CNCCOc2ccccc2)COc2cccc3ccccc23)cc1. The summed E-state index contributed by atoms with van der Waals surface area (Å²) in [6.45, 7) is 2.24. The van der Waals surface area contributed by atoms with Crippen LogP contribution in [0.2, 0.25) is 0 Å². The van der Waals surface area contributed by atoms with Crippen molar-refractivity contribution in [3.05, 3.63) is 114 Å². The number of rotatable bonds is 11. The number of hydrogen-bond acceptors (Lipinski definition) is 5. The Kier molecular flexibility index (Phi) is 8.48. The third kappa shape index (κ3) is 6.93. The van der Waals surface area contributed by atoms with Gasteiger partial charge in [-0.05, 0) is 46.9 Å². The van der Waals surface area contributed by atoms with E-state index >= 15 is 0 Å². The molecule has 0 saturated heterocycles. The predicted molar refractivity (Wildman–Crippen MR) is 138 cm³/mol. The van der Waals surface area contributed by atoms with E-state index in [1.807, 2.05) is 72.8 Å². The molecule has 4 aromatic rings. The van der Waals surface area contributed by atoms with Crippen molar-refractivity contribution in [1.82, 2.24) is 10.8 Å². The van der Waals surface area contributed by atoms with Gasteiger partial charge in [0, 0.05) is 24.0 Å². The van der Waals surface area contributed by atoms with E-state index < -0.39 is 5.91 Å². The Morgan fingerprint density at radius 1 is 0.829 bits per heavy atom. The molecule has 0 saturated carbocycles. The van der Waals surface area contributed by atoms with Crippen molar-refractivity contribution in [2.75, 3.05) is 26.3 Å². The fourth-order valence-electron chi connectivity index (χ4n) is 3.67. The highest BCUT2D eigenvalue weighted by Gasteiger charge is 2.06. The van der Waals surface area contributed by atoms with Crippen LogP contribution >= 0.6 is 0 Å². The highest BCUT2D eigenvalue weighted by Crippen LogP contribution is 2.25. The minimum Gasteiger partial charge on any atom is -0.492 e. The number of benzene rings is 4. The third-order valence-electron chi connectivity index (χ3n) is 5.45. The van der Waals surface area contributed by atoms with Crippen molar-refractivity contribution in [3.63, 3.8) is 0 Å². The number of carbonyl (C=O) groups is 1. The first-order valence-electron chi connectivity index (χ1n) is 11.5. The van der Waals surface area contributed by atoms with Crippen molar-refractivity contribution in [3.8, 4) is 11.5 Å². The highest BCUT2D eigenvalue weighted by molar-refractivity contribution is 5.93. The van der Waals surface area contributed by atoms with Crippen molar-refractivity contribution >= 4 is 22.8 Å². The van der Waals surface area contributed by atoms with Gasteiger partial charge >= 0.3 is 0 Å². The lowest BCUT2D eigenvalue weighted by Gasteiger charge is -2.14. The van der Waals surface area contributed by atoms with E-state index in [4.69, 9.17) is 14.7 Å². The topological polar surface area (TPSA) is 79.8 Å². The van der Waals surface area contributed by atoms with Crippen LogP contribution in [0.5, 0.6) is 11.5 Å². The average Bonchev–Trinajstić information content (AvgIpc) is 2.92. The molecule has 0 fully saturated rings. The number of fused-ring (bicyclic) bond motifs is 1. The van der Waals surface area contributed by atoms with Crippen molar-refractivity contribution in [2.45, 2.75) is 0 Å². The number of ether oxygens (including phenoxy) is 2. The molecule has 0 aromatic heterocycles. The van der Waals surface area contributed by atoms with Gasteiger partial charge in [-0.1, -0.05) is 72.8 Å². The Balaban J connectivity index is 1.43. The molecule has 0 unspecified atom stereocenters. The number of para-hydroxylation sites is 1. The summed E-state index contributed by atoms with van der Waals surface area (Å²) in [6, 6.07) is 30.9. The monoisotopic (exact) mass is 468 g/mol. The Labute approximate surface area is 204 Å². The molecule has 0 spiro atoms. The van der Waals surface area contributed by atoms with Gasteiger partial charge in [0.25, 0.3) is 5.91 Å². The van der Waals surface area contributed by atoms with Crippen LogP contribution in [0.1, 0.15) is 15.9 Å². The number of carbonyl (C=O) groups excluding carboxylic acids is 1. The highest BCUT2D eigenvalue weighted by atomic mass is 16.5. The summed E-state index contributed by atoms with van der Waals surface area (Å²) < 4.78 is 12.0. The normalized spacial score (nSPS) is 11.3. The molecule has 1 amide bonds. The molecular weight excluding hydrogens is 440 g/mol. The molecule has 0 radical (unpaired) electrons. The summed E-state index contributed by atoms with van der Waals surface area (Å²) >= 11 is 0. The van der Waals surface area contributed by atoms with E-state index in [1.165, 1.54) is 0 Å². The van der Waals surface area contributed by atoms with Crippen LogP contribution in [-0.4, -0.2) is 37.4 Å². The van der Waals surface area contributed by atoms with Crippen LogP contribution in [0.4, 0.5) is 0 Å². The first kappa shape index (κ1) is 24.0. The second-order valence-corrected chi connectivity index (χ2v) is 7.97. The Hall–Kier alpha value is -4.13. The molecule has 178 valence electrons. The van der Waals surface area contributed by atoms with Crippen LogP contribution in [0, 0.1) is 0 Å². The van der Waals surface area contributed by atoms with Crippen molar-refractivity contribution in [2.24, 2.45) is 0 Å². The van der Waals surface area contributed by atoms with E-state index in [2.05, 4.69) is 23.5 Å². The maximum Gasteiger partial charge on any atom is 0.274 e. The maximum atomic E-state index is 11.6. The van der Waals surface area contributed by atoms with Gasteiger partial charge in [-0.2, -0.15) is 0 Å². The van der Waals surface area contributed by atoms with Gasteiger partial charge in [-0.3, -0.25) is 10.0 Å². The summed E-state index contributed by atoms with van der Waals surface area (Å²) in [4.78, 5) is 11.6. The smallest absolute Gasteiger partial charge is 0.274 e. The van der Waals surface area contributed by atoms with Gasteiger partial charge in [-0.25, -0.2) is 5.48 Å². The maximum absolute atomic E-state index is 11.6. The predicted octanol–water partition coefficient (Wildman–Crippen LogP) is 5.09. The van der Waals surface area contributed by atoms with Gasteiger partial charge in [0.05, 0.1) is 0 Å². The zero-order chi connectivity index (χ0) is 24.3. The average molecular weight is 469 g/mol. The van der Waals surface area contributed by atoms with Crippen LogP contribution in [-0.2, 0) is 0 Å². The lowest BCUT2D eigenvalue weighted by Crippen LogP contribution is -2.25. The minimum atomic E-state index is -0.542. The van der Waals surface area contributed by atoms with Crippen LogP contribution < -0.4 is 20.3 Å². The first-order valence-corrected chi connectivity index (χ1v) is 11.5. The van der Waals surface area contributed by atoms with Gasteiger partial charge < -0.3 is 14.8 Å². The van der Waals surface area contributed by atoms with E-state index in [1.54, 1.807) is 17.6 Å².